The fourth-order valence-corrected chi connectivity index (χ4v) is 4.17. The number of carbonyl (C=O) groups is 1. The number of cyclic esters (lactones) is 1. The Morgan fingerprint density at radius 2 is 1.17 bits per heavy atom. The van der Waals surface area contributed by atoms with Gasteiger partial charge in [0.2, 0.25) is 0 Å². The molecule has 154 valence electrons. The summed E-state index contributed by atoms with van der Waals surface area (Å²) < 4.78 is 6.12. The lowest BCUT2D eigenvalue weighted by Crippen LogP contribution is -2.29. The maximum absolute atomic E-state index is 12.9. The Labute approximate surface area is 186 Å². The summed E-state index contributed by atoms with van der Waals surface area (Å²) in [6.07, 6.45) is 0. The van der Waals surface area contributed by atoms with Crippen molar-refractivity contribution in [2.24, 2.45) is 0 Å². The molecule has 0 spiro atoms. The predicted molar refractivity (Wildman–Crippen MR) is 123 cm³/mol. The highest BCUT2D eigenvalue weighted by Crippen LogP contribution is 2.49. The van der Waals surface area contributed by atoms with Gasteiger partial charge in [-0.25, -0.2) is 4.79 Å². The van der Waals surface area contributed by atoms with E-state index in [1.807, 2.05) is 86.5 Å². The third kappa shape index (κ3) is 3.21. The Hall–Kier alpha value is -2.69. The van der Waals surface area contributed by atoms with E-state index < -0.39 is 11.6 Å². The lowest BCUT2D eigenvalue weighted by molar-refractivity contribution is 0.0251. The second-order valence-corrected chi connectivity index (χ2v) is 8.58. The summed E-state index contributed by atoms with van der Waals surface area (Å²) in [6.45, 7) is 0. The van der Waals surface area contributed by atoms with Crippen LogP contribution in [0.25, 0.3) is 0 Å². The molecule has 0 amide bonds. The molecule has 1 heterocycles. The van der Waals surface area contributed by atoms with Crippen LogP contribution in [0, 0.1) is 0 Å². The molecule has 0 atom stereocenters. The van der Waals surface area contributed by atoms with Gasteiger partial charge in [0, 0.05) is 56.3 Å². The van der Waals surface area contributed by atoms with Crippen molar-refractivity contribution in [3.05, 3.63) is 93.0 Å². The molecule has 0 saturated heterocycles. The van der Waals surface area contributed by atoms with Crippen LogP contribution >= 0.6 is 23.2 Å². The minimum atomic E-state index is -1.10. The van der Waals surface area contributed by atoms with Crippen LogP contribution in [-0.2, 0) is 10.3 Å². The number of carbonyl (C=O) groups excluding carboxylic acids is 1. The number of hydrogen-bond donors (Lipinski definition) is 0. The van der Waals surface area contributed by atoms with Gasteiger partial charge in [-0.15, -0.1) is 0 Å². The van der Waals surface area contributed by atoms with Gasteiger partial charge in [-0.2, -0.15) is 0 Å². The van der Waals surface area contributed by atoms with Gasteiger partial charge in [-0.05, 0) is 36.4 Å². The third-order valence-corrected chi connectivity index (χ3v) is 6.21. The van der Waals surface area contributed by atoms with E-state index in [0.29, 0.717) is 21.2 Å². The molecule has 0 unspecified atom stereocenters. The van der Waals surface area contributed by atoms with Crippen LogP contribution in [0.2, 0.25) is 10.0 Å². The van der Waals surface area contributed by atoms with Crippen molar-refractivity contribution in [3.8, 4) is 0 Å². The topological polar surface area (TPSA) is 32.8 Å². The molecule has 1 aliphatic heterocycles. The third-order valence-electron chi connectivity index (χ3n) is 5.49. The fourth-order valence-electron chi connectivity index (χ4n) is 3.84. The summed E-state index contributed by atoms with van der Waals surface area (Å²) in [5.41, 5.74) is 3.81. The van der Waals surface area contributed by atoms with Gasteiger partial charge in [0.05, 0.1) is 15.6 Å². The Kier molecular flexibility index (Phi) is 5.16. The first kappa shape index (κ1) is 20.6. The van der Waals surface area contributed by atoms with Crippen LogP contribution < -0.4 is 9.80 Å². The number of halogens is 2. The minimum Gasteiger partial charge on any atom is -0.441 e. The van der Waals surface area contributed by atoms with Crippen molar-refractivity contribution in [3.63, 3.8) is 0 Å². The van der Waals surface area contributed by atoms with E-state index in [0.717, 1.165) is 22.5 Å². The van der Waals surface area contributed by atoms with Gasteiger partial charge in [0.25, 0.3) is 0 Å². The highest BCUT2D eigenvalue weighted by molar-refractivity contribution is 6.42. The number of rotatable bonds is 4. The maximum atomic E-state index is 12.9. The molecule has 0 radical (unpaired) electrons. The van der Waals surface area contributed by atoms with Gasteiger partial charge in [0.15, 0.2) is 5.60 Å². The molecule has 0 N–H and O–H groups in total. The zero-order valence-electron chi connectivity index (χ0n) is 17.2. The molecule has 1 aliphatic rings. The minimum absolute atomic E-state index is 0.328. The standard InChI is InChI=1S/C24H22Cl2N2O2/c1-27(2)17-9-5-15(6-10-17)24(16-7-11-18(12-8-16)28(3)4)20-14-22(26)21(25)13-19(20)23(29)30-24/h5-14H,1-4H3. The Morgan fingerprint density at radius 1 is 0.733 bits per heavy atom. The largest absolute Gasteiger partial charge is 0.441 e. The smallest absolute Gasteiger partial charge is 0.340 e. The fraction of sp³-hybridized carbons (Fsp3) is 0.208. The molecule has 3 aromatic rings. The summed E-state index contributed by atoms with van der Waals surface area (Å²) in [5.74, 6) is -0.420. The molecule has 0 aromatic heterocycles. The lowest BCUT2D eigenvalue weighted by Gasteiger charge is -2.31. The van der Waals surface area contributed by atoms with Gasteiger partial charge in [-0.3, -0.25) is 0 Å². The summed E-state index contributed by atoms with van der Waals surface area (Å²) >= 11 is 12.6. The number of benzene rings is 3. The highest BCUT2D eigenvalue weighted by atomic mass is 35.5. The molecule has 0 fully saturated rings. The molecule has 6 heteroatoms. The molecule has 0 bridgehead atoms. The number of anilines is 2. The predicted octanol–water partition coefficient (Wildman–Crippen LogP) is 5.59. The van der Waals surface area contributed by atoms with E-state index in [4.69, 9.17) is 27.9 Å². The lowest BCUT2D eigenvalue weighted by atomic mass is 9.79. The van der Waals surface area contributed by atoms with E-state index in [1.165, 1.54) is 0 Å². The summed E-state index contributed by atoms with van der Waals surface area (Å²) in [6, 6.07) is 19.3. The van der Waals surface area contributed by atoms with Crippen LogP contribution in [0.3, 0.4) is 0 Å². The van der Waals surface area contributed by atoms with E-state index >= 15 is 0 Å². The van der Waals surface area contributed by atoms with Crippen molar-refractivity contribution < 1.29 is 9.53 Å². The second-order valence-electron chi connectivity index (χ2n) is 7.77. The zero-order chi connectivity index (χ0) is 21.6. The van der Waals surface area contributed by atoms with Crippen LogP contribution in [0.4, 0.5) is 11.4 Å². The average Bonchev–Trinajstić information content (AvgIpc) is 3.01. The van der Waals surface area contributed by atoms with E-state index in [2.05, 4.69) is 0 Å². The Bertz CT molecular complexity index is 1060. The highest BCUT2D eigenvalue weighted by Gasteiger charge is 2.49. The van der Waals surface area contributed by atoms with Crippen molar-refractivity contribution in [1.29, 1.82) is 0 Å². The van der Waals surface area contributed by atoms with Gasteiger partial charge in [-0.1, -0.05) is 47.5 Å². The first-order valence-corrected chi connectivity index (χ1v) is 10.3. The quantitative estimate of drug-likeness (QED) is 0.495. The Balaban J connectivity index is 1.98. The number of esters is 1. The van der Waals surface area contributed by atoms with E-state index in [-0.39, 0.29) is 0 Å². The molecule has 0 saturated carbocycles. The molecule has 30 heavy (non-hydrogen) atoms. The molecule has 3 aromatic carbocycles. The zero-order valence-corrected chi connectivity index (χ0v) is 18.8. The van der Waals surface area contributed by atoms with Crippen LogP contribution in [0.5, 0.6) is 0 Å². The maximum Gasteiger partial charge on any atom is 0.340 e. The molecular formula is C24H22Cl2N2O2. The number of ether oxygens (including phenoxy) is 1. The van der Waals surface area contributed by atoms with Crippen molar-refractivity contribution in [2.75, 3.05) is 38.0 Å². The average molecular weight is 441 g/mol. The van der Waals surface area contributed by atoms with E-state index in [1.54, 1.807) is 12.1 Å². The van der Waals surface area contributed by atoms with Crippen molar-refractivity contribution in [2.45, 2.75) is 5.60 Å². The number of fused-ring (bicyclic) bond motifs is 1. The first-order valence-electron chi connectivity index (χ1n) is 9.52. The van der Waals surface area contributed by atoms with Gasteiger partial charge >= 0.3 is 5.97 Å². The summed E-state index contributed by atoms with van der Waals surface area (Å²) in [5, 5.41) is 0.710. The molecule has 4 nitrogen and oxygen atoms in total. The SMILES string of the molecule is CN(C)c1ccc(C2(c3ccc(N(C)C)cc3)OC(=O)c3cc(Cl)c(Cl)cc32)cc1. The second kappa shape index (κ2) is 7.53. The van der Waals surface area contributed by atoms with Crippen LogP contribution in [0.15, 0.2) is 60.7 Å². The summed E-state index contributed by atoms with van der Waals surface area (Å²) in [7, 11) is 7.93. The number of hydrogen-bond acceptors (Lipinski definition) is 4. The van der Waals surface area contributed by atoms with Crippen molar-refractivity contribution >= 4 is 40.5 Å². The number of nitrogens with zero attached hydrogens (tertiary/aromatic N) is 2. The van der Waals surface area contributed by atoms with Gasteiger partial charge < -0.3 is 14.5 Å². The first-order chi connectivity index (χ1) is 14.2. The van der Waals surface area contributed by atoms with Crippen LogP contribution in [-0.4, -0.2) is 34.2 Å². The van der Waals surface area contributed by atoms with Crippen LogP contribution in [0.1, 0.15) is 27.0 Å². The molecule has 0 aliphatic carbocycles. The normalized spacial score (nSPS) is 14.3. The Morgan fingerprint density at radius 3 is 1.60 bits per heavy atom. The molecular weight excluding hydrogens is 419 g/mol. The van der Waals surface area contributed by atoms with Gasteiger partial charge in [0.1, 0.15) is 0 Å². The van der Waals surface area contributed by atoms with Crippen molar-refractivity contribution in [1.82, 2.24) is 0 Å². The van der Waals surface area contributed by atoms with E-state index in [9.17, 15) is 4.79 Å². The molecule has 4 rings (SSSR count). The summed E-state index contributed by atoms with van der Waals surface area (Å²) in [4.78, 5) is 16.9. The monoisotopic (exact) mass is 440 g/mol.